The van der Waals surface area contributed by atoms with Gasteiger partial charge in [-0.05, 0) is 86.5 Å². The third-order valence-electron chi connectivity index (χ3n) is 7.49. The average molecular weight is 534 g/mol. The van der Waals surface area contributed by atoms with Crippen molar-refractivity contribution in [3.8, 4) is 11.3 Å². The van der Waals surface area contributed by atoms with Crippen LogP contribution in [0.1, 0.15) is 43.3 Å². The Hall–Kier alpha value is -4.29. The second-order valence-corrected chi connectivity index (χ2v) is 10.1. The van der Waals surface area contributed by atoms with E-state index in [1.165, 1.54) is 37.0 Å². The number of hydrogen-bond donors (Lipinski definition) is 2. The minimum atomic E-state index is -0.291. The summed E-state index contributed by atoms with van der Waals surface area (Å²) in [6.07, 6.45) is 11.8. The fraction of sp³-hybridized carbons (Fsp3) is 0.235. The first-order valence-corrected chi connectivity index (χ1v) is 13.8. The highest BCUT2D eigenvalue weighted by atomic mass is 19.1. The zero-order valence-corrected chi connectivity index (χ0v) is 23.3. The number of fused-ring (bicyclic) bond motifs is 1. The van der Waals surface area contributed by atoms with Gasteiger partial charge in [0.2, 0.25) is 0 Å². The number of benzene rings is 1. The standard InChI is InChI=1S/C34H36FN5/c1-5-24(22-40-17-8-7-9-18-40)19-25(6-2)29-13-14-31(36-4)33(39-29)23(3)32-21-28-30(38-32)15-16-37-34(28)26-11-10-12-27(35)20-26/h5-6,10-16,19-21,36,38H,1,3,7-9,17-18,22H2,2,4H3/b24-19+,25-6+. The van der Waals surface area contributed by atoms with Gasteiger partial charge in [-0.2, -0.15) is 0 Å². The third kappa shape index (κ3) is 5.82. The zero-order valence-electron chi connectivity index (χ0n) is 23.3. The SMILES string of the molecule is C=C/C(=C\C(=C/C)c1ccc(NC)c(C(=C)c2cc3c(-c4cccc(F)c4)nccc3[nH]2)n1)CN1CCCCC1. The molecule has 204 valence electrons. The average Bonchev–Trinajstić information content (AvgIpc) is 3.44. The molecule has 4 heterocycles. The van der Waals surface area contributed by atoms with Crippen LogP contribution in [0.4, 0.5) is 10.1 Å². The van der Waals surface area contributed by atoms with E-state index in [-0.39, 0.29) is 5.82 Å². The number of halogens is 1. The number of H-pyrrole nitrogens is 1. The number of pyridine rings is 2. The molecule has 40 heavy (non-hydrogen) atoms. The minimum absolute atomic E-state index is 0.291. The van der Waals surface area contributed by atoms with Crippen LogP contribution in [0.5, 0.6) is 0 Å². The molecule has 1 fully saturated rings. The van der Waals surface area contributed by atoms with Crippen molar-refractivity contribution in [2.75, 3.05) is 32.0 Å². The fourth-order valence-electron chi connectivity index (χ4n) is 5.31. The van der Waals surface area contributed by atoms with Crippen molar-refractivity contribution in [1.29, 1.82) is 0 Å². The summed E-state index contributed by atoms with van der Waals surface area (Å²) < 4.78 is 14.0. The highest BCUT2D eigenvalue weighted by Crippen LogP contribution is 2.33. The van der Waals surface area contributed by atoms with Crippen LogP contribution in [-0.4, -0.2) is 46.5 Å². The van der Waals surface area contributed by atoms with Crippen LogP contribution in [0, 0.1) is 5.82 Å². The maximum Gasteiger partial charge on any atom is 0.123 e. The molecule has 5 nitrogen and oxygen atoms in total. The van der Waals surface area contributed by atoms with Gasteiger partial charge in [0.05, 0.1) is 22.8 Å². The van der Waals surface area contributed by atoms with Gasteiger partial charge in [0.1, 0.15) is 5.82 Å². The Kier molecular flexibility index (Phi) is 8.37. The zero-order chi connectivity index (χ0) is 28.1. The first kappa shape index (κ1) is 27.3. The summed E-state index contributed by atoms with van der Waals surface area (Å²) in [6, 6.07) is 14.5. The summed E-state index contributed by atoms with van der Waals surface area (Å²) in [6.45, 7) is 13.7. The third-order valence-corrected chi connectivity index (χ3v) is 7.49. The van der Waals surface area contributed by atoms with Crippen molar-refractivity contribution in [3.63, 3.8) is 0 Å². The van der Waals surface area contributed by atoms with Crippen LogP contribution in [-0.2, 0) is 0 Å². The number of nitrogens with one attached hydrogen (secondary N) is 2. The van der Waals surface area contributed by atoms with Gasteiger partial charge >= 0.3 is 0 Å². The van der Waals surface area contributed by atoms with Gasteiger partial charge in [-0.1, -0.05) is 43.9 Å². The highest BCUT2D eigenvalue weighted by Gasteiger charge is 2.17. The second-order valence-electron chi connectivity index (χ2n) is 10.1. The van der Waals surface area contributed by atoms with E-state index >= 15 is 0 Å². The quantitative estimate of drug-likeness (QED) is 0.215. The molecule has 1 aliphatic heterocycles. The molecule has 2 N–H and O–H groups in total. The number of hydrogen-bond acceptors (Lipinski definition) is 4. The lowest BCUT2D eigenvalue weighted by atomic mass is 10.0. The summed E-state index contributed by atoms with van der Waals surface area (Å²) in [4.78, 5) is 15.6. The van der Waals surface area contributed by atoms with E-state index < -0.39 is 0 Å². The molecule has 1 aliphatic rings. The number of allylic oxidation sites excluding steroid dienone is 3. The molecule has 0 unspecified atom stereocenters. The number of aromatic nitrogens is 3. The van der Waals surface area contributed by atoms with Crippen LogP contribution >= 0.6 is 0 Å². The van der Waals surface area contributed by atoms with Crippen molar-refractivity contribution in [2.45, 2.75) is 26.2 Å². The smallest absolute Gasteiger partial charge is 0.123 e. The normalized spacial score (nSPS) is 14.9. The van der Waals surface area contributed by atoms with Crippen molar-refractivity contribution >= 4 is 27.7 Å². The molecular weight excluding hydrogens is 497 g/mol. The molecule has 1 saturated heterocycles. The topological polar surface area (TPSA) is 56.8 Å². The molecule has 3 aromatic heterocycles. The van der Waals surface area contributed by atoms with Crippen molar-refractivity contribution in [2.24, 2.45) is 0 Å². The second kappa shape index (κ2) is 12.3. The molecule has 0 radical (unpaired) electrons. The number of likely N-dealkylation sites (tertiary alicyclic amines) is 1. The number of aromatic amines is 1. The van der Waals surface area contributed by atoms with Gasteiger partial charge in [-0.15, -0.1) is 0 Å². The maximum atomic E-state index is 14.0. The molecule has 0 amide bonds. The Balaban J connectivity index is 1.49. The van der Waals surface area contributed by atoms with E-state index in [0.717, 1.165) is 75.7 Å². The molecule has 0 spiro atoms. The Bertz CT molecular complexity index is 1600. The van der Waals surface area contributed by atoms with Crippen LogP contribution in [0.2, 0.25) is 0 Å². The van der Waals surface area contributed by atoms with E-state index in [1.54, 1.807) is 12.3 Å². The van der Waals surface area contributed by atoms with Crippen molar-refractivity contribution < 1.29 is 4.39 Å². The lowest BCUT2D eigenvalue weighted by Gasteiger charge is -2.26. The Labute approximate surface area is 235 Å². The molecule has 6 heteroatoms. The predicted molar refractivity (Wildman–Crippen MR) is 166 cm³/mol. The Morgan fingerprint density at radius 3 is 2.67 bits per heavy atom. The first-order valence-electron chi connectivity index (χ1n) is 13.8. The fourth-order valence-corrected chi connectivity index (χ4v) is 5.31. The van der Waals surface area contributed by atoms with Gasteiger partial charge in [-0.3, -0.25) is 9.88 Å². The summed E-state index contributed by atoms with van der Waals surface area (Å²) >= 11 is 0. The van der Waals surface area contributed by atoms with Gasteiger partial charge in [0, 0.05) is 47.5 Å². The molecular formula is C34H36FN5. The molecule has 0 aliphatic carbocycles. The maximum absolute atomic E-state index is 14.0. The predicted octanol–water partition coefficient (Wildman–Crippen LogP) is 7.87. The monoisotopic (exact) mass is 533 g/mol. The molecule has 0 bridgehead atoms. The van der Waals surface area contributed by atoms with E-state index in [2.05, 4.69) is 45.5 Å². The molecule has 4 aromatic rings. The van der Waals surface area contributed by atoms with Gasteiger partial charge < -0.3 is 10.3 Å². The molecule has 1 aromatic carbocycles. The number of anilines is 1. The summed E-state index contributed by atoms with van der Waals surface area (Å²) in [5.74, 6) is -0.291. The Morgan fingerprint density at radius 2 is 1.95 bits per heavy atom. The van der Waals surface area contributed by atoms with E-state index in [1.807, 2.05) is 50.4 Å². The van der Waals surface area contributed by atoms with Crippen molar-refractivity contribution in [1.82, 2.24) is 19.9 Å². The largest absolute Gasteiger partial charge is 0.386 e. The summed E-state index contributed by atoms with van der Waals surface area (Å²) in [5, 5.41) is 4.16. The summed E-state index contributed by atoms with van der Waals surface area (Å²) in [5.41, 5.74) is 8.66. The molecule has 5 rings (SSSR count). The summed E-state index contributed by atoms with van der Waals surface area (Å²) in [7, 11) is 1.88. The molecule has 0 atom stereocenters. The highest BCUT2D eigenvalue weighted by molar-refractivity contribution is 5.97. The van der Waals surface area contributed by atoms with Crippen LogP contribution in [0.25, 0.3) is 33.3 Å². The Morgan fingerprint density at radius 1 is 1.12 bits per heavy atom. The van der Waals surface area contributed by atoms with Crippen LogP contribution in [0.15, 0.2) is 91.7 Å². The molecule has 0 saturated carbocycles. The number of rotatable bonds is 9. The van der Waals surface area contributed by atoms with Gasteiger partial charge in [0.25, 0.3) is 0 Å². The van der Waals surface area contributed by atoms with E-state index in [0.29, 0.717) is 0 Å². The van der Waals surface area contributed by atoms with Crippen LogP contribution < -0.4 is 5.32 Å². The van der Waals surface area contributed by atoms with E-state index in [9.17, 15) is 4.39 Å². The van der Waals surface area contributed by atoms with Crippen LogP contribution in [0.3, 0.4) is 0 Å². The van der Waals surface area contributed by atoms with Gasteiger partial charge in [0.15, 0.2) is 0 Å². The lowest BCUT2D eigenvalue weighted by Crippen LogP contribution is -2.31. The first-order chi connectivity index (χ1) is 19.5. The van der Waals surface area contributed by atoms with Crippen molar-refractivity contribution in [3.05, 3.63) is 115 Å². The number of piperidine rings is 1. The van der Waals surface area contributed by atoms with Gasteiger partial charge in [-0.25, -0.2) is 9.37 Å². The minimum Gasteiger partial charge on any atom is -0.386 e. The van der Waals surface area contributed by atoms with E-state index in [4.69, 9.17) is 4.98 Å². The number of nitrogens with zero attached hydrogens (tertiary/aromatic N) is 3. The lowest BCUT2D eigenvalue weighted by molar-refractivity contribution is 0.248.